The number of thiophene rings is 1. The lowest BCUT2D eigenvalue weighted by Gasteiger charge is -2.07. The Hall–Kier alpha value is -2.07. The van der Waals surface area contributed by atoms with Crippen LogP contribution in [-0.2, 0) is 16.4 Å². The number of nitrogens with zero attached hydrogens (tertiary/aromatic N) is 1. The first-order valence-corrected chi connectivity index (χ1v) is 11.4. The summed E-state index contributed by atoms with van der Waals surface area (Å²) in [6.07, 6.45) is 0.702. The van der Waals surface area contributed by atoms with Crippen molar-refractivity contribution in [1.82, 2.24) is 15.0 Å². The standard InChI is InChI=1S/C18H19N3O3S3/c1-12-21-16(11-25-12)17-7-6-14(26-17)8-9-20-18(22)13-4-3-5-15(10-13)27(23,24)19-2/h3-7,10-11,19H,8-9H2,1-2H3,(H,20,22). The maximum Gasteiger partial charge on any atom is 0.251 e. The molecule has 2 N–H and O–H groups in total. The number of rotatable bonds is 7. The van der Waals surface area contributed by atoms with E-state index in [4.69, 9.17) is 0 Å². The van der Waals surface area contributed by atoms with E-state index < -0.39 is 10.0 Å². The molecule has 2 heterocycles. The fourth-order valence-corrected chi connectivity index (χ4v) is 4.88. The molecule has 0 unspecified atom stereocenters. The number of hydrogen-bond acceptors (Lipinski definition) is 6. The number of carbonyl (C=O) groups is 1. The molecule has 1 aromatic carbocycles. The summed E-state index contributed by atoms with van der Waals surface area (Å²) >= 11 is 3.28. The van der Waals surface area contributed by atoms with Crippen molar-refractivity contribution in [1.29, 1.82) is 0 Å². The molecule has 0 aliphatic rings. The predicted octanol–water partition coefficient (Wildman–Crippen LogP) is 3.06. The van der Waals surface area contributed by atoms with Gasteiger partial charge in [0.05, 0.1) is 20.5 Å². The normalized spacial score (nSPS) is 11.5. The zero-order valence-electron chi connectivity index (χ0n) is 14.9. The van der Waals surface area contributed by atoms with Gasteiger partial charge in [-0.05, 0) is 50.7 Å². The van der Waals surface area contributed by atoms with Gasteiger partial charge >= 0.3 is 0 Å². The number of benzene rings is 1. The lowest BCUT2D eigenvalue weighted by atomic mass is 10.2. The first-order chi connectivity index (χ1) is 12.9. The van der Waals surface area contributed by atoms with Crippen LogP contribution in [0.25, 0.3) is 10.6 Å². The van der Waals surface area contributed by atoms with E-state index in [9.17, 15) is 13.2 Å². The molecule has 3 aromatic rings. The summed E-state index contributed by atoms with van der Waals surface area (Å²) in [6.45, 7) is 2.45. The molecule has 6 nitrogen and oxygen atoms in total. The minimum absolute atomic E-state index is 0.0686. The molecule has 9 heteroatoms. The fraction of sp³-hybridized carbons (Fsp3) is 0.222. The Kier molecular flexibility index (Phi) is 6.05. The predicted molar refractivity (Wildman–Crippen MR) is 109 cm³/mol. The topological polar surface area (TPSA) is 88.2 Å². The van der Waals surface area contributed by atoms with Crippen LogP contribution in [0.2, 0.25) is 0 Å². The van der Waals surface area contributed by atoms with E-state index in [1.807, 2.05) is 24.4 Å². The van der Waals surface area contributed by atoms with Gasteiger partial charge in [-0.2, -0.15) is 0 Å². The Morgan fingerprint density at radius 3 is 2.74 bits per heavy atom. The van der Waals surface area contributed by atoms with Crippen LogP contribution in [0, 0.1) is 6.92 Å². The number of amides is 1. The second-order valence-electron chi connectivity index (χ2n) is 5.76. The molecule has 0 saturated carbocycles. The van der Waals surface area contributed by atoms with Crippen LogP contribution >= 0.6 is 22.7 Å². The van der Waals surface area contributed by atoms with E-state index in [0.717, 1.165) is 20.5 Å². The van der Waals surface area contributed by atoms with Crippen LogP contribution in [0.5, 0.6) is 0 Å². The van der Waals surface area contributed by atoms with Crippen LogP contribution < -0.4 is 10.0 Å². The molecule has 3 rings (SSSR count). The van der Waals surface area contributed by atoms with Crippen LogP contribution in [0.4, 0.5) is 0 Å². The summed E-state index contributed by atoms with van der Waals surface area (Å²) in [7, 11) is -2.24. The molecule has 0 fully saturated rings. The molecule has 0 radical (unpaired) electrons. The van der Waals surface area contributed by atoms with E-state index in [1.165, 1.54) is 19.2 Å². The van der Waals surface area contributed by atoms with Crippen LogP contribution in [0.15, 0.2) is 46.7 Å². The molecule has 0 aliphatic carbocycles. The smallest absolute Gasteiger partial charge is 0.251 e. The third kappa shape index (κ3) is 4.81. The van der Waals surface area contributed by atoms with E-state index in [1.54, 1.807) is 34.8 Å². The summed E-state index contributed by atoms with van der Waals surface area (Å²) < 4.78 is 25.9. The third-order valence-electron chi connectivity index (χ3n) is 3.87. The van der Waals surface area contributed by atoms with Crippen LogP contribution in [-0.4, -0.2) is 32.9 Å². The zero-order chi connectivity index (χ0) is 19.4. The highest BCUT2D eigenvalue weighted by atomic mass is 32.2. The summed E-state index contributed by atoms with van der Waals surface area (Å²) in [4.78, 5) is 19.1. The van der Waals surface area contributed by atoms with Gasteiger partial charge in [0, 0.05) is 22.4 Å². The van der Waals surface area contributed by atoms with E-state index in [-0.39, 0.29) is 10.8 Å². The summed E-state index contributed by atoms with van der Waals surface area (Å²) in [5, 5.41) is 5.91. The fourth-order valence-electron chi connectivity index (χ4n) is 2.45. The van der Waals surface area contributed by atoms with E-state index in [0.29, 0.717) is 18.5 Å². The number of thiazole rings is 1. The number of aromatic nitrogens is 1. The molecule has 27 heavy (non-hydrogen) atoms. The summed E-state index contributed by atoms with van der Waals surface area (Å²) in [6, 6.07) is 10.1. The Morgan fingerprint density at radius 2 is 2.04 bits per heavy atom. The van der Waals surface area contributed by atoms with Gasteiger partial charge in [0.25, 0.3) is 5.91 Å². The van der Waals surface area contributed by atoms with Crippen molar-refractivity contribution in [2.24, 2.45) is 0 Å². The average Bonchev–Trinajstić information content (AvgIpc) is 3.30. The maximum atomic E-state index is 12.3. The van der Waals surface area contributed by atoms with Gasteiger partial charge in [0.15, 0.2) is 0 Å². The highest BCUT2D eigenvalue weighted by Crippen LogP contribution is 2.29. The molecular weight excluding hydrogens is 402 g/mol. The zero-order valence-corrected chi connectivity index (χ0v) is 17.3. The summed E-state index contributed by atoms with van der Waals surface area (Å²) in [5.41, 5.74) is 1.30. The Labute approximate surface area is 166 Å². The molecule has 0 bridgehead atoms. The second-order valence-corrected chi connectivity index (χ2v) is 9.88. The summed E-state index contributed by atoms with van der Waals surface area (Å²) in [5.74, 6) is -0.296. The highest BCUT2D eigenvalue weighted by Gasteiger charge is 2.14. The molecule has 0 spiro atoms. The Morgan fingerprint density at radius 1 is 1.22 bits per heavy atom. The van der Waals surface area contributed by atoms with Crippen LogP contribution in [0.3, 0.4) is 0 Å². The second kappa shape index (κ2) is 8.30. The van der Waals surface area contributed by atoms with Gasteiger partial charge in [-0.1, -0.05) is 6.07 Å². The van der Waals surface area contributed by atoms with Gasteiger partial charge in [-0.25, -0.2) is 18.1 Å². The molecule has 0 saturated heterocycles. The first-order valence-electron chi connectivity index (χ1n) is 8.22. The van der Waals surface area contributed by atoms with Crippen molar-refractivity contribution in [2.45, 2.75) is 18.2 Å². The largest absolute Gasteiger partial charge is 0.352 e. The molecule has 142 valence electrons. The Balaban J connectivity index is 1.59. The molecule has 2 aromatic heterocycles. The lowest BCUT2D eigenvalue weighted by molar-refractivity contribution is 0.0954. The van der Waals surface area contributed by atoms with Crippen molar-refractivity contribution in [3.8, 4) is 10.6 Å². The number of aryl methyl sites for hydroxylation is 1. The van der Waals surface area contributed by atoms with Crippen molar-refractivity contribution < 1.29 is 13.2 Å². The molecule has 0 aliphatic heterocycles. The lowest BCUT2D eigenvalue weighted by Crippen LogP contribution is -2.26. The van der Waals surface area contributed by atoms with Crippen LogP contribution in [0.1, 0.15) is 20.2 Å². The molecule has 1 amide bonds. The van der Waals surface area contributed by atoms with Crippen molar-refractivity contribution in [2.75, 3.05) is 13.6 Å². The first kappa shape index (κ1) is 19.7. The van der Waals surface area contributed by atoms with Gasteiger partial charge < -0.3 is 5.32 Å². The van der Waals surface area contributed by atoms with Crippen molar-refractivity contribution in [3.63, 3.8) is 0 Å². The van der Waals surface area contributed by atoms with Crippen molar-refractivity contribution in [3.05, 3.63) is 57.2 Å². The number of sulfonamides is 1. The van der Waals surface area contributed by atoms with E-state index in [2.05, 4.69) is 15.0 Å². The minimum atomic E-state index is -3.57. The van der Waals surface area contributed by atoms with Gasteiger partial charge in [0.2, 0.25) is 10.0 Å². The third-order valence-corrected chi connectivity index (χ3v) is 7.22. The van der Waals surface area contributed by atoms with Crippen molar-refractivity contribution >= 4 is 38.6 Å². The number of carbonyl (C=O) groups excluding carboxylic acids is 1. The Bertz CT molecular complexity index is 1050. The SMILES string of the molecule is CNS(=O)(=O)c1cccc(C(=O)NCCc2ccc(-c3csc(C)n3)s2)c1. The van der Waals surface area contributed by atoms with Gasteiger partial charge in [-0.15, -0.1) is 22.7 Å². The molecular formula is C18H19N3O3S3. The van der Waals surface area contributed by atoms with E-state index >= 15 is 0 Å². The maximum absolute atomic E-state index is 12.3. The monoisotopic (exact) mass is 421 g/mol. The minimum Gasteiger partial charge on any atom is -0.352 e. The number of hydrogen-bond donors (Lipinski definition) is 2. The highest BCUT2D eigenvalue weighted by molar-refractivity contribution is 7.89. The number of nitrogens with one attached hydrogen (secondary N) is 2. The molecule has 0 atom stereocenters. The van der Waals surface area contributed by atoms with Gasteiger partial charge in [0.1, 0.15) is 0 Å². The van der Waals surface area contributed by atoms with Gasteiger partial charge in [-0.3, -0.25) is 4.79 Å². The average molecular weight is 422 g/mol. The quantitative estimate of drug-likeness (QED) is 0.614.